The van der Waals surface area contributed by atoms with Gasteiger partial charge in [-0.15, -0.1) is 11.3 Å². The van der Waals surface area contributed by atoms with Crippen LogP contribution in [0.4, 0.5) is 5.69 Å². The van der Waals surface area contributed by atoms with Gasteiger partial charge in [-0.1, -0.05) is 32.9 Å². The summed E-state index contributed by atoms with van der Waals surface area (Å²) in [5, 5.41) is 13.8. The number of phenols is 1. The van der Waals surface area contributed by atoms with Crippen LogP contribution in [0.25, 0.3) is 20.8 Å². The van der Waals surface area contributed by atoms with Crippen LogP contribution in [0.3, 0.4) is 0 Å². The summed E-state index contributed by atoms with van der Waals surface area (Å²) in [5.74, 6) is 0.117. The highest BCUT2D eigenvalue weighted by atomic mass is 32.1. The molecule has 1 heterocycles. The van der Waals surface area contributed by atoms with Crippen LogP contribution in [0.2, 0.25) is 0 Å². The molecule has 0 unspecified atom stereocenters. The monoisotopic (exact) mass is 340 g/mol. The summed E-state index contributed by atoms with van der Waals surface area (Å²) in [7, 11) is 0. The van der Waals surface area contributed by atoms with Crippen molar-refractivity contribution in [2.45, 2.75) is 27.2 Å². The van der Waals surface area contributed by atoms with Crippen LogP contribution in [0.15, 0.2) is 42.5 Å². The van der Waals surface area contributed by atoms with E-state index in [1.165, 1.54) is 11.3 Å². The van der Waals surface area contributed by atoms with Crippen molar-refractivity contribution >= 4 is 33.1 Å². The Balaban J connectivity index is 1.90. The van der Waals surface area contributed by atoms with Crippen molar-refractivity contribution in [2.24, 2.45) is 5.41 Å². The summed E-state index contributed by atoms with van der Waals surface area (Å²) in [5.41, 5.74) is 2.12. The van der Waals surface area contributed by atoms with Crippen LogP contribution in [0, 0.1) is 5.41 Å². The topological polar surface area (TPSA) is 62.2 Å². The Morgan fingerprint density at radius 2 is 1.96 bits per heavy atom. The van der Waals surface area contributed by atoms with Gasteiger partial charge in [-0.2, -0.15) is 0 Å². The molecule has 0 saturated heterocycles. The lowest BCUT2D eigenvalue weighted by atomic mass is 9.92. The molecule has 1 aromatic heterocycles. The molecule has 2 N–H and O–H groups in total. The second-order valence-electron chi connectivity index (χ2n) is 7.00. The van der Waals surface area contributed by atoms with Gasteiger partial charge < -0.3 is 10.4 Å². The number of hydrogen-bond acceptors (Lipinski definition) is 4. The van der Waals surface area contributed by atoms with Gasteiger partial charge in [-0.25, -0.2) is 4.98 Å². The lowest BCUT2D eigenvalue weighted by Crippen LogP contribution is -2.19. The predicted octanol–water partition coefficient (Wildman–Crippen LogP) is 5.04. The smallest absolute Gasteiger partial charge is 0.224 e. The molecule has 0 fully saturated rings. The minimum atomic E-state index is -0.0726. The van der Waals surface area contributed by atoms with Crippen molar-refractivity contribution in [2.75, 3.05) is 5.32 Å². The van der Waals surface area contributed by atoms with Crippen molar-refractivity contribution in [3.05, 3.63) is 42.5 Å². The Kier molecular flexibility index (Phi) is 4.28. The van der Waals surface area contributed by atoms with E-state index < -0.39 is 0 Å². The van der Waals surface area contributed by atoms with Crippen molar-refractivity contribution in [3.63, 3.8) is 0 Å². The minimum Gasteiger partial charge on any atom is -0.507 e. The van der Waals surface area contributed by atoms with E-state index in [0.717, 1.165) is 15.2 Å². The highest BCUT2D eigenvalue weighted by Crippen LogP contribution is 2.36. The number of rotatable bonds is 3. The number of aromatic hydroxyl groups is 1. The highest BCUT2D eigenvalue weighted by Gasteiger charge is 2.17. The second-order valence-corrected chi connectivity index (χ2v) is 8.03. The van der Waals surface area contributed by atoms with Crippen molar-refractivity contribution in [3.8, 4) is 16.3 Å². The van der Waals surface area contributed by atoms with Gasteiger partial charge in [0, 0.05) is 12.1 Å². The van der Waals surface area contributed by atoms with Gasteiger partial charge in [-0.3, -0.25) is 4.79 Å². The quantitative estimate of drug-likeness (QED) is 0.656. The van der Waals surface area contributed by atoms with Crippen LogP contribution >= 0.6 is 11.3 Å². The molecule has 0 spiro atoms. The van der Waals surface area contributed by atoms with E-state index in [4.69, 9.17) is 0 Å². The average molecular weight is 340 g/mol. The zero-order valence-electron chi connectivity index (χ0n) is 14.0. The number of fused-ring (bicyclic) bond motifs is 1. The molecule has 0 aliphatic rings. The first-order valence-corrected chi connectivity index (χ1v) is 8.62. The minimum absolute atomic E-state index is 0.0385. The number of thiazole rings is 1. The molecule has 0 aliphatic carbocycles. The fraction of sp³-hybridized carbons (Fsp3) is 0.263. The number of amides is 1. The molecule has 24 heavy (non-hydrogen) atoms. The SMILES string of the molecule is CC(C)(C)CC(=O)Nc1ccc(O)c(-c2nc3ccccc3s2)c1. The first kappa shape index (κ1) is 16.5. The van der Waals surface area contributed by atoms with E-state index in [-0.39, 0.29) is 17.1 Å². The number of carbonyl (C=O) groups is 1. The molecule has 124 valence electrons. The molecule has 4 nitrogen and oxygen atoms in total. The Morgan fingerprint density at radius 1 is 1.21 bits per heavy atom. The molecular formula is C19H20N2O2S. The number of nitrogens with one attached hydrogen (secondary N) is 1. The van der Waals surface area contributed by atoms with Gasteiger partial charge in [0.2, 0.25) is 5.91 Å². The summed E-state index contributed by atoms with van der Waals surface area (Å²) in [4.78, 5) is 16.7. The van der Waals surface area contributed by atoms with E-state index in [1.807, 2.05) is 45.0 Å². The van der Waals surface area contributed by atoms with E-state index in [9.17, 15) is 9.90 Å². The molecule has 5 heteroatoms. The fourth-order valence-electron chi connectivity index (χ4n) is 2.46. The fourth-order valence-corrected chi connectivity index (χ4v) is 3.45. The third-order valence-corrected chi connectivity index (χ3v) is 4.57. The molecule has 0 saturated carbocycles. The third kappa shape index (κ3) is 3.74. The predicted molar refractivity (Wildman–Crippen MR) is 99.4 cm³/mol. The van der Waals surface area contributed by atoms with E-state index in [0.29, 0.717) is 17.7 Å². The number of anilines is 1. The van der Waals surface area contributed by atoms with Gasteiger partial charge in [0.25, 0.3) is 0 Å². The molecule has 3 rings (SSSR count). The van der Waals surface area contributed by atoms with Crippen LogP contribution in [-0.4, -0.2) is 16.0 Å². The zero-order valence-corrected chi connectivity index (χ0v) is 14.8. The van der Waals surface area contributed by atoms with E-state index in [2.05, 4.69) is 10.3 Å². The van der Waals surface area contributed by atoms with Crippen LogP contribution in [0.5, 0.6) is 5.75 Å². The van der Waals surface area contributed by atoms with Gasteiger partial charge in [-0.05, 0) is 35.7 Å². The molecule has 2 aromatic carbocycles. The molecule has 1 amide bonds. The lowest BCUT2D eigenvalue weighted by Gasteiger charge is -2.17. The number of para-hydroxylation sites is 1. The number of hydrogen-bond donors (Lipinski definition) is 2. The highest BCUT2D eigenvalue weighted by molar-refractivity contribution is 7.21. The third-order valence-electron chi connectivity index (χ3n) is 3.50. The normalized spacial score (nSPS) is 11.6. The number of carbonyl (C=O) groups excluding carboxylic acids is 1. The first-order valence-electron chi connectivity index (χ1n) is 7.81. The molecule has 0 aliphatic heterocycles. The molecule has 3 aromatic rings. The summed E-state index contributed by atoms with van der Waals surface area (Å²) < 4.78 is 1.06. The second kappa shape index (κ2) is 6.24. The van der Waals surface area contributed by atoms with Gasteiger partial charge >= 0.3 is 0 Å². The van der Waals surface area contributed by atoms with Crippen molar-refractivity contribution in [1.82, 2.24) is 4.98 Å². The van der Waals surface area contributed by atoms with Gasteiger partial charge in [0.15, 0.2) is 0 Å². The van der Waals surface area contributed by atoms with Crippen LogP contribution < -0.4 is 5.32 Å². The Morgan fingerprint density at radius 3 is 2.67 bits per heavy atom. The van der Waals surface area contributed by atoms with Gasteiger partial charge in [0.05, 0.1) is 15.8 Å². The number of nitrogens with zero attached hydrogens (tertiary/aromatic N) is 1. The molecular weight excluding hydrogens is 320 g/mol. The van der Waals surface area contributed by atoms with Crippen LogP contribution in [-0.2, 0) is 4.79 Å². The van der Waals surface area contributed by atoms with Crippen LogP contribution in [0.1, 0.15) is 27.2 Å². The summed E-state index contributed by atoms with van der Waals surface area (Å²) in [6.45, 7) is 6.07. The number of aromatic nitrogens is 1. The summed E-state index contributed by atoms with van der Waals surface area (Å²) >= 11 is 1.52. The molecule has 0 bridgehead atoms. The maximum atomic E-state index is 12.1. The number of phenolic OH excluding ortho intramolecular Hbond substituents is 1. The Hall–Kier alpha value is -2.40. The zero-order chi connectivity index (χ0) is 17.3. The van der Waals surface area contributed by atoms with Crippen molar-refractivity contribution in [1.29, 1.82) is 0 Å². The molecule has 0 atom stereocenters. The van der Waals surface area contributed by atoms with Crippen molar-refractivity contribution < 1.29 is 9.90 Å². The standard InChI is InChI=1S/C19H20N2O2S/c1-19(2,3)11-17(23)20-12-8-9-15(22)13(10-12)18-21-14-6-4-5-7-16(14)24-18/h4-10,22H,11H2,1-3H3,(H,20,23). The van der Waals surface area contributed by atoms with E-state index >= 15 is 0 Å². The Labute approximate surface area is 145 Å². The summed E-state index contributed by atoms with van der Waals surface area (Å²) in [6.07, 6.45) is 0.435. The Bertz CT molecular complexity index is 861. The lowest BCUT2D eigenvalue weighted by molar-refractivity contribution is -0.117. The first-order chi connectivity index (χ1) is 11.3. The molecule has 0 radical (unpaired) electrons. The maximum absolute atomic E-state index is 12.1. The van der Waals surface area contributed by atoms with Gasteiger partial charge in [0.1, 0.15) is 10.8 Å². The average Bonchev–Trinajstić information content (AvgIpc) is 2.91. The maximum Gasteiger partial charge on any atom is 0.224 e. The van der Waals surface area contributed by atoms with E-state index in [1.54, 1.807) is 18.2 Å². The number of benzene rings is 2. The summed E-state index contributed by atoms with van der Waals surface area (Å²) in [6, 6.07) is 12.9. The largest absolute Gasteiger partial charge is 0.507 e.